The van der Waals surface area contributed by atoms with Crippen LogP contribution in [-0.2, 0) is 63.8 Å². The van der Waals surface area contributed by atoms with E-state index in [0.29, 0.717) is 124 Å². The Kier molecular flexibility index (Phi) is 28.1. The number of nitrogens with one attached hydrogen (secondary N) is 2. The van der Waals surface area contributed by atoms with Crippen LogP contribution in [0, 0.1) is 82.3 Å². The van der Waals surface area contributed by atoms with Gasteiger partial charge in [-0.05, 0) is 221 Å². The van der Waals surface area contributed by atoms with Crippen LogP contribution in [0.15, 0.2) is 268 Å². The molecule has 4 atom stereocenters. The third-order valence-corrected chi connectivity index (χ3v) is 23.9. The molecule has 20 rings (SSSR count). The summed E-state index contributed by atoms with van der Waals surface area (Å²) in [7, 11) is 0. The van der Waals surface area contributed by atoms with Crippen LogP contribution in [0.4, 0.5) is 30.7 Å². The number of hydrogen-bond acceptors (Lipinski definition) is 14. The molecule has 0 saturated carbocycles. The van der Waals surface area contributed by atoms with Crippen LogP contribution >= 0.6 is 11.6 Å². The number of benzene rings is 8. The Morgan fingerprint density at radius 2 is 0.743 bits per heavy atom. The highest BCUT2D eigenvalue weighted by Crippen LogP contribution is 2.41. The molecule has 2 N–H and O–H groups in total. The molecule has 0 aliphatic carbocycles. The molecular formula is C104H92ClF7N16O8. The Morgan fingerprint density at radius 1 is 0.346 bits per heavy atom. The summed E-state index contributed by atoms with van der Waals surface area (Å²) in [6.07, 6.45) is 16.7. The number of carbonyl (C=O) groups excluding carboxylic acids is 4. The number of halogens is 8. The van der Waals surface area contributed by atoms with Crippen LogP contribution in [0.3, 0.4) is 0 Å². The van der Waals surface area contributed by atoms with E-state index in [9.17, 15) is 49.9 Å². The first-order valence-corrected chi connectivity index (χ1v) is 44.3. The summed E-state index contributed by atoms with van der Waals surface area (Å²) in [5.74, 6) is -3.68. The van der Waals surface area contributed by atoms with Gasteiger partial charge in [0.1, 0.15) is 89.9 Å². The SMILES string of the molecule is Cc1ccc(CCN2C(=O)COC2c2cn(-c3cc(F)cc(F)c3)nc2-c2ccc(F)cn2)cc1.Cc1ccc(CCN2C(=O)COC2c2cn(-c3ccc(F)c(C)c3)nc2-c2ccc(Cl)cn2)cc1.Cc1ccc(CCN2C(=O)COC2c2cn(-c3ccc(F)cc3)nc2-c2cc[nH]c2)c(F)c1.Cc1cccc(CCN2C(=O)COC2c2cn(-c3ccc(F)c(C)c3)nc2-c2cc[nH]c2)c1. The van der Waals surface area contributed by atoms with E-state index in [1.165, 1.54) is 63.8 Å². The minimum atomic E-state index is -0.790. The van der Waals surface area contributed by atoms with Gasteiger partial charge in [0.25, 0.3) is 23.6 Å². The number of carbonyl (C=O) groups is 4. The third-order valence-electron chi connectivity index (χ3n) is 23.7. The van der Waals surface area contributed by atoms with Crippen molar-refractivity contribution in [2.24, 2.45) is 0 Å². The smallest absolute Gasteiger partial charge is 0.250 e. The molecule has 0 bridgehead atoms. The number of ether oxygens (including phenoxy) is 4. The summed E-state index contributed by atoms with van der Waals surface area (Å²) < 4.78 is 127. The molecule has 8 aromatic carbocycles. The van der Waals surface area contributed by atoms with Gasteiger partial charge >= 0.3 is 0 Å². The van der Waals surface area contributed by atoms with Crippen molar-refractivity contribution in [3.63, 3.8) is 0 Å². The molecule has 4 unspecified atom stereocenters. The van der Waals surface area contributed by atoms with Gasteiger partial charge < -0.3 is 48.5 Å². The van der Waals surface area contributed by atoms with E-state index in [4.69, 9.17) is 45.8 Å². The summed E-state index contributed by atoms with van der Waals surface area (Å²) in [6, 6.07) is 58.4. The molecule has 12 heterocycles. The Hall–Kier alpha value is -15.0. The van der Waals surface area contributed by atoms with E-state index in [0.717, 1.165) is 81.1 Å². The second-order valence-electron chi connectivity index (χ2n) is 33.5. The van der Waals surface area contributed by atoms with Gasteiger partial charge in [-0.25, -0.2) is 49.5 Å². The van der Waals surface area contributed by atoms with E-state index in [1.54, 1.807) is 127 Å². The number of H-pyrrole nitrogens is 2. The zero-order chi connectivity index (χ0) is 95.0. The zero-order valence-corrected chi connectivity index (χ0v) is 75.5. The van der Waals surface area contributed by atoms with Crippen molar-refractivity contribution < 1.29 is 68.9 Å². The number of pyridine rings is 2. The van der Waals surface area contributed by atoms with Crippen LogP contribution < -0.4 is 0 Å². The molecule has 0 radical (unpaired) electrons. The minimum Gasteiger partial charge on any atom is -0.367 e. The molecule has 136 heavy (non-hydrogen) atoms. The second-order valence-corrected chi connectivity index (χ2v) is 33.9. The Balaban J connectivity index is 0.000000126. The average molecular weight is 1860 g/mol. The molecule has 4 aliphatic rings. The van der Waals surface area contributed by atoms with E-state index in [-0.39, 0.29) is 79.0 Å². The summed E-state index contributed by atoms with van der Waals surface area (Å²) in [5.41, 5.74) is 19.2. The van der Waals surface area contributed by atoms with Crippen LogP contribution in [0.25, 0.3) is 68.0 Å². The lowest BCUT2D eigenvalue weighted by Crippen LogP contribution is -2.31. The predicted octanol–water partition coefficient (Wildman–Crippen LogP) is 19.5. The molecule has 4 fully saturated rings. The standard InChI is InChI=1S/C27H24ClFN4O2.C26H21F3N4O2.C26H25FN4O2.C25H22F2N4O2/c1-17-3-5-19(6-4-17)11-12-32-25(34)16-35-27(32)22-15-33(21-8-9-23(29)18(2)13-21)31-26(22)24-10-7-20(28)14-30-24;1-16-2-4-17(5-3-16)8-9-32-24(34)15-35-26(32)22-14-33(21-11-19(28)10-20(29)12-21)31-25(22)23-7-6-18(27)13-30-23;1-17-4-3-5-19(12-17)9-11-30-24(32)16-33-26(30)22-15-31(21-6-7-23(27)18(2)13-21)29-25(22)20-8-10-28-14-20;1-16-2-3-17(22(27)12-16)9-11-30-23(32)15-33-25(30)21-14-31(20-6-4-19(26)5-7-20)29-24(21)18-8-10-28-13-18/h3-10,13-15,27H,11-12,16H2,1-2H3;2-7,10-14,26H,8-9,15H2,1H3;3-8,10,12-15,26,28H,9,11,16H2,1-2H3;2-8,10,12-14,25,28H,9,11,15H2,1H3. The molecule has 8 aromatic heterocycles. The number of aryl methyl sites for hydroxylation is 6. The van der Waals surface area contributed by atoms with Crippen LogP contribution in [0.5, 0.6) is 0 Å². The fraction of sp³-hybridized carbons (Fsp3) is 0.212. The molecule has 24 nitrogen and oxygen atoms in total. The highest BCUT2D eigenvalue weighted by atomic mass is 35.5. The van der Waals surface area contributed by atoms with Crippen molar-refractivity contribution in [2.75, 3.05) is 52.6 Å². The zero-order valence-electron chi connectivity index (χ0n) is 74.7. The minimum absolute atomic E-state index is 0.00706. The van der Waals surface area contributed by atoms with Crippen LogP contribution in [0.2, 0.25) is 5.02 Å². The largest absolute Gasteiger partial charge is 0.367 e. The third kappa shape index (κ3) is 21.4. The quantitative estimate of drug-likeness (QED) is 0.0534. The van der Waals surface area contributed by atoms with Gasteiger partial charge in [0.15, 0.2) is 24.9 Å². The lowest BCUT2D eigenvalue weighted by molar-refractivity contribution is -0.128. The number of aromatic nitrogens is 12. The van der Waals surface area contributed by atoms with Crippen molar-refractivity contribution in [2.45, 2.75) is 92.1 Å². The van der Waals surface area contributed by atoms with E-state index in [1.807, 2.05) is 100 Å². The molecule has 692 valence electrons. The number of hydrogen-bond donors (Lipinski definition) is 2. The number of rotatable bonds is 24. The van der Waals surface area contributed by atoms with E-state index >= 15 is 0 Å². The van der Waals surface area contributed by atoms with Gasteiger partial charge in [0.2, 0.25) is 0 Å². The molecule has 0 spiro atoms. The van der Waals surface area contributed by atoms with Gasteiger partial charge in [-0.3, -0.25) is 29.1 Å². The Morgan fingerprint density at radius 3 is 1.16 bits per heavy atom. The highest BCUT2D eigenvalue weighted by molar-refractivity contribution is 6.30. The van der Waals surface area contributed by atoms with Gasteiger partial charge in [0, 0.05) is 121 Å². The van der Waals surface area contributed by atoms with Crippen molar-refractivity contribution >= 4 is 35.2 Å². The van der Waals surface area contributed by atoms with Crippen molar-refractivity contribution in [3.8, 4) is 68.0 Å². The van der Waals surface area contributed by atoms with Crippen molar-refractivity contribution in [3.05, 3.63) is 392 Å². The summed E-state index contributed by atoms with van der Waals surface area (Å²) in [6.45, 7) is 13.0. The Labute approximate surface area is 783 Å². The first kappa shape index (κ1) is 92.8. The van der Waals surface area contributed by atoms with Crippen molar-refractivity contribution in [1.29, 1.82) is 0 Å². The molecule has 32 heteroatoms. The first-order valence-electron chi connectivity index (χ1n) is 43.9. The second kappa shape index (κ2) is 41.2. The van der Waals surface area contributed by atoms with Gasteiger partial charge in [-0.1, -0.05) is 113 Å². The van der Waals surface area contributed by atoms with Crippen LogP contribution in [-0.4, -0.2) is 155 Å². The topological polar surface area (TPSA) is 247 Å². The normalized spacial score (nSPS) is 15.9. The fourth-order valence-electron chi connectivity index (χ4n) is 16.5. The van der Waals surface area contributed by atoms with Gasteiger partial charge in [0.05, 0.1) is 45.4 Å². The molecule has 4 saturated heterocycles. The predicted molar refractivity (Wildman–Crippen MR) is 496 cm³/mol. The Bertz CT molecular complexity index is 6960. The fourth-order valence-corrected chi connectivity index (χ4v) is 16.6. The molecular weight excluding hydrogens is 1770 g/mol. The maximum Gasteiger partial charge on any atom is 0.250 e. The summed E-state index contributed by atoms with van der Waals surface area (Å²) >= 11 is 6.05. The molecule has 16 aromatic rings. The lowest BCUT2D eigenvalue weighted by atomic mass is 10.1. The molecule has 4 aliphatic heterocycles. The first-order chi connectivity index (χ1) is 65.7. The van der Waals surface area contributed by atoms with Crippen molar-refractivity contribution in [1.82, 2.24) is 78.7 Å². The van der Waals surface area contributed by atoms with E-state index < -0.39 is 42.4 Å². The lowest BCUT2D eigenvalue weighted by Gasteiger charge is -2.23. The molecule has 4 amide bonds. The summed E-state index contributed by atoms with van der Waals surface area (Å²) in [5, 5.41) is 19.2. The van der Waals surface area contributed by atoms with Crippen LogP contribution in [0.1, 0.15) is 103 Å². The average Bonchev–Trinajstić information content (AvgIpc) is 1.64. The highest BCUT2D eigenvalue weighted by Gasteiger charge is 2.41. The van der Waals surface area contributed by atoms with Gasteiger partial charge in [-0.2, -0.15) is 20.4 Å². The monoisotopic (exact) mass is 1860 g/mol. The summed E-state index contributed by atoms with van der Waals surface area (Å²) in [4.78, 5) is 72.2. The number of nitrogens with zero attached hydrogens (tertiary/aromatic N) is 14. The number of aromatic amines is 2. The number of amides is 4. The maximum absolute atomic E-state index is 14.3. The van der Waals surface area contributed by atoms with E-state index in [2.05, 4.69) is 74.4 Å². The van der Waals surface area contributed by atoms with Gasteiger partial charge in [-0.15, -0.1) is 0 Å². The maximum atomic E-state index is 14.3.